The van der Waals surface area contributed by atoms with Gasteiger partial charge in [-0.05, 0) is 61.6 Å². The normalized spacial score (nSPS) is 17.3. The fourth-order valence-corrected chi connectivity index (χ4v) is 4.11. The van der Waals surface area contributed by atoms with E-state index in [0.29, 0.717) is 12.6 Å². The van der Waals surface area contributed by atoms with E-state index >= 15 is 0 Å². The summed E-state index contributed by atoms with van der Waals surface area (Å²) in [5.41, 5.74) is 1.98. The van der Waals surface area contributed by atoms with Gasteiger partial charge >= 0.3 is 0 Å². The Balaban J connectivity index is 1.63. The molecule has 1 unspecified atom stereocenters. The Morgan fingerprint density at radius 1 is 1.11 bits per heavy atom. The number of aromatic nitrogens is 1. The molecule has 3 aromatic rings. The molecule has 1 fully saturated rings. The van der Waals surface area contributed by atoms with Gasteiger partial charge < -0.3 is 9.64 Å². The van der Waals surface area contributed by atoms with Crippen molar-refractivity contribution in [2.75, 3.05) is 11.4 Å². The number of ether oxygens (including phenoxy) is 1. The number of fused-ring (bicyclic) bond motifs is 1. The van der Waals surface area contributed by atoms with Gasteiger partial charge in [0.1, 0.15) is 23.7 Å². The molecule has 0 bridgehead atoms. The Bertz CT molecular complexity index is 927. The first-order valence-corrected chi connectivity index (χ1v) is 10.2. The molecule has 0 radical (unpaired) electrons. The van der Waals surface area contributed by atoms with Crippen LogP contribution in [0.3, 0.4) is 0 Å². The summed E-state index contributed by atoms with van der Waals surface area (Å²) in [4.78, 5) is 7.47. The third-order valence-corrected chi connectivity index (χ3v) is 5.58. The van der Waals surface area contributed by atoms with Crippen molar-refractivity contribution < 1.29 is 4.74 Å². The fraction of sp³-hybridized carbons (Fsp3) is 0.348. The molecule has 0 saturated carbocycles. The van der Waals surface area contributed by atoms with E-state index in [1.807, 2.05) is 36.4 Å². The third kappa shape index (κ3) is 4.03. The predicted octanol–water partition coefficient (Wildman–Crippen LogP) is 6.24. The van der Waals surface area contributed by atoms with Crippen LogP contribution in [0, 0.1) is 0 Å². The van der Waals surface area contributed by atoms with Gasteiger partial charge in [0, 0.05) is 23.0 Å². The standard InChI is InChI=1S/C23H25ClN2O/c1-2-20-10-3-4-14-26(20)22-13-12-18-8-6-11-21(23(18)25-22)27-16-17-7-5-9-19(24)15-17/h5-9,11-13,15,20H,2-4,10,14,16H2,1H3. The lowest BCUT2D eigenvalue weighted by molar-refractivity contribution is 0.309. The van der Waals surface area contributed by atoms with Crippen molar-refractivity contribution in [3.8, 4) is 5.75 Å². The molecule has 4 rings (SSSR count). The number of pyridine rings is 1. The summed E-state index contributed by atoms with van der Waals surface area (Å²) in [5.74, 6) is 1.88. The highest BCUT2D eigenvalue weighted by Crippen LogP contribution is 2.30. The van der Waals surface area contributed by atoms with Crippen LogP contribution < -0.4 is 9.64 Å². The monoisotopic (exact) mass is 380 g/mol. The second-order valence-electron chi connectivity index (χ2n) is 7.17. The Kier molecular flexibility index (Phi) is 5.49. The topological polar surface area (TPSA) is 25.4 Å². The molecule has 0 spiro atoms. The van der Waals surface area contributed by atoms with Crippen LogP contribution in [0.2, 0.25) is 5.02 Å². The van der Waals surface area contributed by atoms with Gasteiger partial charge in [-0.3, -0.25) is 0 Å². The minimum atomic E-state index is 0.479. The highest BCUT2D eigenvalue weighted by Gasteiger charge is 2.22. The van der Waals surface area contributed by atoms with Gasteiger partial charge in [-0.2, -0.15) is 0 Å². The molecule has 27 heavy (non-hydrogen) atoms. The van der Waals surface area contributed by atoms with Gasteiger partial charge in [-0.1, -0.05) is 42.8 Å². The van der Waals surface area contributed by atoms with Crippen molar-refractivity contribution in [2.45, 2.75) is 45.3 Å². The molecule has 1 aliphatic rings. The fourth-order valence-electron chi connectivity index (χ4n) is 3.90. The molecular formula is C23H25ClN2O. The summed E-state index contributed by atoms with van der Waals surface area (Å²) in [7, 11) is 0. The summed E-state index contributed by atoms with van der Waals surface area (Å²) in [6.45, 7) is 3.83. The number of para-hydroxylation sites is 1. The van der Waals surface area contributed by atoms with Crippen LogP contribution in [-0.2, 0) is 6.61 Å². The van der Waals surface area contributed by atoms with Crippen LogP contribution in [0.5, 0.6) is 5.75 Å². The number of nitrogens with zero attached hydrogens (tertiary/aromatic N) is 2. The summed E-state index contributed by atoms with van der Waals surface area (Å²) in [6.07, 6.45) is 4.97. The highest BCUT2D eigenvalue weighted by molar-refractivity contribution is 6.30. The van der Waals surface area contributed by atoms with Crippen molar-refractivity contribution in [3.63, 3.8) is 0 Å². The molecule has 1 aromatic heterocycles. The van der Waals surface area contributed by atoms with Gasteiger partial charge in [0.05, 0.1) is 0 Å². The molecular weight excluding hydrogens is 356 g/mol. The summed E-state index contributed by atoms with van der Waals surface area (Å²) >= 11 is 6.08. The lowest BCUT2D eigenvalue weighted by Gasteiger charge is -2.36. The SMILES string of the molecule is CCC1CCCCN1c1ccc2cccc(OCc3cccc(Cl)c3)c2n1. The van der Waals surface area contributed by atoms with Crippen LogP contribution in [0.4, 0.5) is 5.82 Å². The second-order valence-corrected chi connectivity index (χ2v) is 7.60. The van der Waals surface area contributed by atoms with Crippen LogP contribution in [0.1, 0.15) is 38.2 Å². The first-order chi connectivity index (χ1) is 13.2. The van der Waals surface area contributed by atoms with E-state index < -0.39 is 0 Å². The van der Waals surface area contributed by atoms with Crippen molar-refractivity contribution >= 4 is 28.3 Å². The molecule has 2 heterocycles. The maximum absolute atomic E-state index is 6.12. The first kappa shape index (κ1) is 18.1. The quantitative estimate of drug-likeness (QED) is 0.524. The van der Waals surface area contributed by atoms with E-state index in [9.17, 15) is 0 Å². The van der Waals surface area contributed by atoms with Gasteiger partial charge in [-0.25, -0.2) is 4.98 Å². The molecule has 1 atom stereocenters. The predicted molar refractivity (Wildman–Crippen MR) is 113 cm³/mol. The van der Waals surface area contributed by atoms with E-state index in [4.69, 9.17) is 21.3 Å². The lowest BCUT2D eigenvalue weighted by Crippen LogP contribution is -2.39. The number of benzene rings is 2. The van der Waals surface area contributed by atoms with E-state index in [-0.39, 0.29) is 0 Å². The van der Waals surface area contributed by atoms with Crippen LogP contribution in [0.15, 0.2) is 54.6 Å². The molecule has 0 aliphatic carbocycles. The molecule has 0 N–H and O–H groups in total. The molecule has 3 nitrogen and oxygen atoms in total. The number of rotatable bonds is 5. The second kappa shape index (κ2) is 8.18. The number of piperidine rings is 1. The average Bonchev–Trinajstić information content (AvgIpc) is 2.72. The minimum absolute atomic E-state index is 0.479. The van der Waals surface area contributed by atoms with E-state index in [0.717, 1.165) is 46.0 Å². The van der Waals surface area contributed by atoms with Gasteiger partial charge in [0.2, 0.25) is 0 Å². The lowest BCUT2D eigenvalue weighted by atomic mass is 10.00. The van der Waals surface area contributed by atoms with E-state index in [2.05, 4.69) is 30.0 Å². The largest absolute Gasteiger partial charge is 0.487 e. The van der Waals surface area contributed by atoms with Gasteiger partial charge in [-0.15, -0.1) is 0 Å². The molecule has 0 amide bonds. The van der Waals surface area contributed by atoms with Gasteiger partial charge in [0.15, 0.2) is 0 Å². The maximum atomic E-state index is 6.12. The number of halogens is 1. The Morgan fingerprint density at radius 2 is 2.00 bits per heavy atom. The number of hydrogen-bond donors (Lipinski definition) is 0. The summed E-state index contributed by atoms with van der Waals surface area (Å²) < 4.78 is 6.12. The van der Waals surface area contributed by atoms with Crippen molar-refractivity contribution in [3.05, 3.63) is 65.2 Å². The van der Waals surface area contributed by atoms with Crippen molar-refractivity contribution in [2.24, 2.45) is 0 Å². The zero-order valence-corrected chi connectivity index (χ0v) is 16.5. The zero-order chi connectivity index (χ0) is 18.6. The number of anilines is 1. The molecule has 4 heteroatoms. The van der Waals surface area contributed by atoms with Crippen LogP contribution in [0.25, 0.3) is 10.9 Å². The molecule has 1 aliphatic heterocycles. The molecule has 2 aromatic carbocycles. The first-order valence-electron chi connectivity index (χ1n) is 9.78. The van der Waals surface area contributed by atoms with Crippen molar-refractivity contribution in [1.29, 1.82) is 0 Å². The summed E-state index contributed by atoms with van der Waals surface area (Å²) in [5, 5.41) is 1.83. The molecule has 140 valence electrons. The van der Waals surface area contributed by atoms with E-state index in [1.54, 1.807) is 0 Å². The zero-order valence-electron chi connectivity index (χ0n) is 15.7. The Labute approximate surface area is 165 Å². The Hall–Kier alpha value is -2.26. The smallest absolute Gasteiger partial charge is 0.146 e. The third-order valence-electron chi connectivity index (χ3n) is 5.34. The highest BCUT2D eigenvalue weighted by atomic mass is 35.5. The molecule has 1 saturated heterocycles. The Morgan fingerprint density at radius 3 is 2.85 bits per heavy atom. The number of hydrogen-bond acceptors (Lipinski definition) is 3. The van der Waals surface area contributed by atoms with Crippen LogP contribution >= 0.6 is 11.6 Å². The average molecular weight is 381 g/mol. The minimum Gasteiger partial charge on any atom is -0.487 e. The maximum Gasteiger partial charge on any atom is 0.146 e. The van der Waals surface area contributed by atoms with Crippen LogP contribution in [-0.4, -0.2) is 17.6 Å². The van der Waals surface area contributed by atoms with E-state index in [1.165, 1.54) is 19.3 Å². The van der Waals surface area contributed by atoms with Crippen molar-refractivity contribution in [1.82, 2.24) is 4.98 Å². The summed E-state index contributed by atoms with van der Waals surface area (Å²) in [6, 6.07) is 18.8. The van der Waals surface area contributed by atoms with Gasteiger partial charge in [0.25, 0.3) is 0 Å².